The molecule has 0 fully saturated rings. The highest BCUT2D eigenvalue weighted by Gasteiger charge is 2.22. The third-order valence-electron chi connectivity index (χ3n) is 5.08. The van der Waals surface area contributed by atoms with E-state index in [1.807, 2.05) is 28.3 Å². The zero-order valence-corrected chi connectivity index (χ0v) is 20.2. The maximum absolute atomic E-state index is 12.6. The van der Waals surface area contributed by atoms with Gasteiger partial charge < -0.3 is 9.30 Å². The molecule has 3 aromatic rings. The van der Waals surface area contributed by atoms with Gasteiger partial charge in [0.25, 0.3) is 10.0 Å². The Kier molecular flexibility index (Phi) is 7.60. The molecule has 10 heteroatoms. The standard InChI is InChI=1S/C23H25N3O5S2/c1-4-7-20-24-15(2)21(22(27)32)26(20)14-16-10-12-17(13-11-16)18-8-5-6-9-19(18)33(29,30)25-23(28)31-3/h5-6,8-13H,4,7,14H2,1-3H3,(H,25,28)(H,27,32). The zero-order valence-electron chi connectivity index (χ0n) is 18.5. The molecule has 1 heterocycles. The van der Waals surface area contributed by atoms with Crippen LogP contribution in [0.5, 0.6) is 0 Å². The SMILES string of the molecule is CCCc1nc(C)c(C(=O)S)n1Cc1ccc(-c2ccccc2S(=O)(=O)NC(=O)OC)cc1. The quantitative estimate of drug-likeness (QED) is 0.466. The van der Waals surface area contributed by atoms with Gasteiger partial charge in [0.2, 0.25) is 5.12 Å². The number of hydrogen-bond donors (Lipinski definition) is 2. The third kappa shape index (κ3) is 5.45. The average molecular weight is 488 g/mol. The summed E-state index contributed by atoms with van der Waals surface area (Å²) in [5, 5.41) is -0.337. The van der Waals surface area contributed by atoms with Crippen LogP contribution in [-0.4, -0.2) is 36.3 Å². The van der Waals surface area contributed by atoms with E-state index in [2.05, 4.69) is 22.3 Å². The number of nitrogens with one attached hydrogen (secondary N) is 1. The Hall–Kier alpha value is -3.11. The number of nitrogens with zero attached hydrogens (tertiary/aromatic N) is 2. The highest BCUT2D eigenvalue weighted by Crippen LogP contribution is 2.28. The summed E-state index contributed by atoms with van der Waals surface area (Å²) < 4.78 is 33.5. The number of methoxy groups -OCH3 is 1. The summed E-state index contributed by atoms with van der Waals surface area (Å²) in [6.07, 6.45) is 0.562. The number of ether oxygens (including phenoxy) is 1. The largest absolute Gasteiger partial charge is 0.452 e. The van der Waals surface area contributed by atoms with Crippen LogP contribution in [0.15, 0.2) is 53.4 Å². The van der Waals surface area contributed by atoms with Crippen molar-refractivity contribution in [2.24, 2.45) is 0 Å². The molecule has 0 aliphatic rings. The predicted octanol–water partition coefficient (Wildman–Crippen LogP) is 3.97. The summed E-state index contributed by atoms with van der Waals surface area (Å²) in [7, 11) is -3.02. The molecule has 8 nitrogen and oxygen atoms in total. The molecule has 1 aromatic heterocycles. The minimum atomic E-state index is -4.12. The number of benzene rings is 2. The second kappa shape index (κ2) is 10.2. The first-order valence-electron chi connectivity index (χ1n) is 10.3. The number of thiol groups is 1. The molecule has 0 spiro atoms. The maximum Gasteiger partial charge on any atom is 0.420 e. The average Bonchev–Trinajstić information content (AvgIpc) is 3.09. The van der Waals surface area contributed by atoms with E-state index < -0.39 is 16.1 Å². The molecule has 0 saturated carbocycles. The van der Waals surface area contributed by atoms with Crippen molar-refractivity contribution >= 4 is 33.9 Å². The number of sulfonamides is 1. The number of carbonyl (C=O) groups is 2. The highest BCUT2D eigenvalue weighted by molar-refractivity contribution is 7.97. The Morgan fingerprint density at radius 1 is 1.12 bits per heavy atom. The monoisotopic (exact) mass is 487 g/mol. The Balaban J connectivity index is 1.95. The van der Waals surface area contributed by atoms with Crippen LogP contribution in [-0.2, 0) is 27.7 Å². The Labute approximate surface area is 198 Å². The number of aryl methyl sites for hydroxylation is 2. The smallest absolute Gasteiger partial charge is 0.420 e. The fraction of sp³-hybridized carbons (Fsp3) is 0.261. The number of rotatable bonds is 8. The summed E-state index contributed by atoms with van der Waals surface area (Å²) in [6, 6.07) is 13.7. The van der Waals surface area contributed by atoms with Crippen LogP contribution in [0.25, 0.3) is 11.1 Å². The molecule has 1 amide bonds. The Morgan fingerprint density at radius 2 is 1.79 bits per heavy atom. The van der Waals surface area contributed by atoms with Crippen molar-refractivity contribution in [1.82, 2.24) is 14.3 Å². The highest BCUT2D eigenvalue weighted by atomic mass is 32.2. The van der Waals surface area contributed by atoms with Crippen molar-refractivity contribution < 1.29 is 22.7 Å². The normalized spacial score (nSPS) is 11.3. The molecule has 2 aromatic carbocycles. The summed E-state index contributed by atoms with van der Waals surface area (Å²) in [6.45, 7) is 4.27. The van der Waals surface area contributed by atoms with Crippen molar-refractivity contribution in [2.75, 3.05) is 7.11 Å². The number of carbonyl (C=O) groups excluding carboxylic acids is 2. The fourth-order valence-corrected chi connectivity index (χ4v) is 5.03. The third-order valence-corrected chi connectivity index (χ3v) is 6.66. The van der Waals surface area contributed by atoms with E-state index in [4.69, 9.17) is 0 Å². The van der Waals surface area contributed by atoms with Gasteiger partial charge in [0.15, 0.2) is 0 Å². The predicted molar refractivity (Wildman–Crippen MR) is 128 cm³/mol. The van der Waals surface area contributed by atoms with Gasteiger partial charge in [0.1, 0.15) is 11.5 Å². The maximum atomic E-state index is 12.6. The van der Waals surface area contributed by atoms with E-state index in [9.17, 15) is 18.0 Å². The van der Waals surface area contributed by atoms with Crippen LogP contribution in [0.4, 0.5) is 4.79 Å². The van der Waals surface area contributed by atoms with E-state index in [1.165, 1.54) is 6.07 Å². The van der Waals surface area contributed by atoms with Crippen LogP contribution < -0.4 is 4.72 Å². The van der Waals surface area contributed by atoms with E-state index in [1.54, 1.807) is 37.3 Å². The van der Waals surface area contributed by atoms with Gasteiger partial charge in [-0.25, -0.2) is 22.9 Å². The number of hydrogen-bond acceptors (Lipinski definition) is 6. The minimum absolute atomic E-state index is 0.0402. The molecule has 0 aliphatic carbocycles. The van der Waals surface area contributed by atoms with Gasteiger partial charge in [0, 0.05) is 18.5 Å². The zero-order chi connectivity index (χ0) is 24.2. The fourth-order valence-electron chi connectivity index (χ4n) is 3.60. The van der Waals surface area contributed by atoms with Gasteiger partial charge in [-0.15, -0.1) is 0 Å². The van der Waals surface area contributed by atoms with Crippen LogP contribution in [0.1, 0.15) is 40.9 Å². The molecule has 1 N–H and O–H groups in total. The van der Waals surface area contributed by atoms with Crippen molar-refractivity contribution in [2.45, 2.75) is 38.1 Å². The van der Waals surface area contributed by atoms with Gasteiger partial charge >= 0.3 is 6.09 Å². The lowest BCUT2D eigenvalue weighted by Gasteiger charge is -2.13. The summed E-state index contributed by atoms with van der Waals surface area (Å²) >= 11 is 4.01. The lowest BCUT2D eigenvalue weighted by molar-refractivity contribution is 0.108. The molecule has 0 unspecified atom stereocenters. The molecule has 0 bridgehead atoms. The molecule has 0 atom stereocenters. The molecule has 0 radical (unpaired) electrons. The van der Waals surface area contributed by atoms with Gasteiger partial charge in [-0.2, -0.15) is 0 Å². The van der Waals surface area contributed by atoms with Gasteiger partial charge in [-0.3, -0.25) is 4.79 Å². The lowest BCUT2D eigenvalue weighted by atomic mass is 10.0. The van der Waals surface area contributed by atoms with Crippen LogP contribution in [0, 0.1) is 6.92 Å². The number of imidazole rings is 1. The Bertz CT molecular complexity index is 1280. The van der Waals surface area contributed by atoms with Crippen molar-refractivity contribution in [1.29, 1.82) is 0 Å². The van der Waals surface area contributed by atoms with Crippen molar-refractivity contribution in [3.8, 4) is 11.1 Å². The van der Waals surface area contributed by atoms with Crippen LogP contribution in [0.3, 0.4) is 0 Å². The molecule has 3 rings (SSSR count). The van der Waals surface area contributed by atoms with Crippen molar-refractivity contribution in [3.63, 3.8) is 0 Å². The number of aromatic nitrogens is 2. The minimum Gasteiger partial charge on any atom is -0.452 e. The molecular weight excluding hydrogens is 462 g/mol. The first-order valence-corrected chi connectivity index (χ1v) is 12.2. The summed E-state index contributed by atoms with van der Waals surface area (Å²) in [5.41, 5.74) is 3.13. The summed E-state index contributed by atoms with van der Waals surface area (Å²) in [5.74, 6) is 0.821. The van der Waals surface area contributed by atoms with E-state index in [0.717, 1.165) is 31.3 Å². The van der Waals surface area contributed by atoms with Gasteiger partial charge in [-0.1, -0.05) is 62.0 Å². The van der Waals surface area contributed by atoms with Crippen LogP contribution in [0.2, 0.25) is 0 Å². The molecule has 174 valence electrons. The summed E-state index contributed by atoms with van der Waals surface area (Å²) in [4.78, 5) is 28.0. The first-order chi connectivity index (χ1) is 15.7. The van der Waals surface area contributed by atoms with E-state index >= 15 is 0 Å². The number of amides is 1. The van der Waals surface area contributed by atoms with E-state index in [0.29, 0.717) is 29.1 Å². The Morgan fingerprint density at radius 3 is 2.39 bits per heavy atom. The molecule has 0 aliphatic heterocycles. The molecule has 0 saturated heterocycles. The first kappa shape index (κ1) is 24.5. The topological polar surface area (TPSA) is 107 Å². The molecule has 33 heavy (non-hydrogen) atoms. The second-order valence-corrected chi connectivity index (χ2v) is 9.45. The van der Waals surface area contributed by atoms with Crippen molar-refractivity contribution in [3.05, 3.63) is 71.3 Å². The van der Waals surface area contributed by atoms with E-state index in [-0.39, 0.29) is 10.0 Å². The van der Waals surface area contributed by atoms with Gasteiger partial charge in [0.05, 0.1) is 17.7 Å². The second-order valence-electron chi connectivity index (χ2n) is 7.39. The molecular formula is C23H25N3O5S2. The van der Waals surface area contributed by atoms with Gasteiger partial charge in [-0.05, 0) is 30.5 Å². The van der Waals surface area contributed by atoms with Crippen LogP contribution >= 0.6 is 12.6 Å². The lowest BCUT2D eigenvalue weighted by Crippen LogP contribution is -2.30.